The molecular weight excluding hydrogens is 230 g/mol. The average Bonchev–Trinajstić information content (AvgIpc) is 2.38. The summed E-state index contributed by atoms with van der Waals surface area (Å²) in [6.45, 7) is 7.80. The minimum absolute atomic E-state index is 0.305. The second kappa shape index (κ2) is 6.03. The van der Waals surface area contributed by atoms with Gasteiger partial charge in [0, 0.05) is 25.7 Å². The van der Waals surface area contributed by atoms with Crippen molar-refractivity contribution in [2.45, 2.75) is 38.6 Å². The van der Waals surface area contributed by atoms with Gasteiger partial charge in [-0.05, 0) is 45.7 Å². The summed E-state index contributed by atoms with van der Waals surface area (Å²) < 4.78 is 10.8. The Kier molecular flexibility index (Phi) is 4.63. The maximum Gasteiger partial charge on any atom is 0.222 e. The predicted molar refractivity (Wildman–Crippen MR) is 68.9 cm³/mol. The van der Waals surface area contributed by atoms with Gasteiger partial charge in [-0.15, -0.1) is 0 Å². The van der Waals surface area contributed by atoms with E-state index < -0.39 is 11.9 Å². The van der Waals surface area contributed by atoms with Crippen LogP contribution in [0.25, 0.3) is 0 Å². The van der Waals surface area contributed by atoms with Crippen LogP contribution in [0.2, 0.25) is 0 Å². The zero-order valence-corrected chi connectivity index (χ0v) is 11.3. The second-order valence-electron chi connectivity index (χ2n) is 4.99. The monoisotopic (exact) mass is 253 g/mol. The molecule has 3 aliphatic rings. The van der Waals surface area contributed by atoms with Crippen molar-refractivity contribution in [3.63, 3.8) is 0 Å². The Bertz CT molecular complexity index is 322. The van der Waals surface area contributed by atoms with E-state index in [1.54, 1.807) is 0 Å². The number of hydrogen-bond acceptors (Lipinski definition) is 4. The van der Waals surface area contributed by atoms with Crippen molar-refractivity contribution < 1.29 is 14.6 Å². The van der Waals surface area contributed by atoms with E-state index in [0.717, 1.165) is 25.9 Å². The first-order chi connectivity index (χ1) is 8.68. The molecule has 18 heavy (non-hydrogen) atoms. The van der Waals surface area contributed by atoms with Crippen molar-refractivity contribution in [3.05, 3.63) is 0 Å². The Morgan fingerprint density at radius 3 is 2.33 bits per heavy atom. The fourth-order valence-electron chi connectivity index (χ4n) is 2.80. The molecule has 0 aromatic carbocycles. The van der Waals surface area contributed by atoms with Crippen LogP contribution in [0.5, 0.6) is 0 Å². The molecule has 0 amide bonds. The van der Waals surface area contributed by atoms with E-state index >= 15 is 0 Å². The van der Waals surface area contributed by atoms with E-state index in [2.05, 4.69) is 16.7 Å². The van der Waals surface area contributed by atoms with Crippen LogP contribution in [0.1, 0.15) is 26.7 Å². The number of rotatable bonds is 4. The molecule has 0 saturated carbocycles. The molecule has 3 fully saturated rings. The number of aliphatic hydroxyl groups is 1. The molecule has 1 unspecified atom stereocenters. The molecule has 0 aromatic heterocycles. The summed E-state index contributed by atoms with van der Waals surface area (Å²) in [6, 6.07) is 0. The summed E-state index contributed by atoms with van der Waals surface area (Å²) in [6.07, 6.45) is 1.57. The lowest BCUT2D eigenvalue weighted by Gasteiger charge is -2.47. The number of ether oxygens (including phenoxy) is 2. The van der Waals surface area contributed by atoms with Crippen molar-refractivity contribution in [3.8, 4) is 11.8 Å². The molecular formula is C14H23NO3. The number of fused-ring (bicyclic) bond motifs is 3. The van der Waals surface area contributed by atoms with Crippen LogP contribution in [0.4, 0.5) is 0 Å². The predicted octanol–water partition coefficient (Wildman–Crippen LogP) is 0.846. The topological polar surface area (TPSA) is 41.9 Å². The van der Waals surface area contributed by atoms with Gasteiger partial charge < -0.3 is 14.6 Å². The smallest absolute Gasteiger partial charge is 0.222 e. The molecule has 0 aliphatic carbocycles. The lowest BCUT2D eigenvalue weighted by atomic mass is 9.76. The fourth-order valence-corrected chi connectivity index (χ4v) is 2.80. The van der Waals surface area contributed by atoms with Gasteiger partial charge in [0.2, 0.25) is 6.29 Å². The normalized spacial score (nSPS) is 34.4. The summed E-state index contributed by atoms with van der Waals surface area (Å²) in [4.78, 5) is 2.28. The van der Waals surface area contributed by atoms with E-state index in [-0.39, 0.29) is 0 Å². The molecule has 4 heteroatoms. The zero-order valence-electron chi connectivity index (χ0n) is 11.3. The molecule has 3 saturated heterocycles. The van der Waals surface area contributed by atoms with E-state index in [0.29, 0.717) is 25.7 Å². The summed E-state index contributed by atoms with van der Waals surface area (Å²) in [5.41, 5.74) is -0.872. The van der Waals surface area contributed by atoms with E-state index in [9.17, 15) is 5.11 Å². The quantitative estimate of drug-likeness (QED) is 0.595. The third kappa shape index (κ3) is 3.04. The molecule has 3 aliphatic heterocycles. The molecule has 102 valence electrons. The standard InChI is InChI=1S/C14H23NO3/c1-3-17-13(18-4-2)5-8-14(16)11-15-9-6-12(14)7-10-15/h12-13,16H,3-4,6-7,9-11H2,1-2H3. The SMILES string of the molecule is CCOC(C#CC1(O)CN2CCC1CC2)OCC. The van der Waals surface area contributed by atoms with Crippen molar-refractivity contribution in [2.75, 3.05) is 32.8 Å². The van der Waals surface area contributed by atoms with Crippen LogP contribution >= 0.6 is 0 Å². The average molecular weight is 253 g/mol. The van der Waals surface area contributed by atoms with Crippen LogP contribution in [0.15, 0.2) is 0 Å². The van der Waals surface area contributed by atoms with Crippen molar-refractivity contribution in [2.24, 2.45) is 5.92 Å². The molecule has 2 bridgehead atoms. The van der Waals surface area contributed by atoms with Gasteiger partial charge in [-0.25, -0.2) is 0 Å². The second-order valence-corrected chi connectivity index (χ2v) is 4.99. The minimum Gasteiger partial charge on any atom is -0.376 e. The van der Waals surface area contributed by atoms with Gasteiger partial charge in [0.15, 0.2) is 0 Å². The van der Waals surface area contributed by atoms with Gasteiger partial charge in [0.05, 0.1) is 0 Å². The van der Waals surface area contributed by atoms with Gasteiger partial charge >= 0.3 is 0 Å². The molecule has 4 nitrogen and oxygen atoms in total. The Morgan fingerprint density at radius 2 is 1.89 bits per heavy atom. The highest BCUT2D eigenvalue weighted by atomic mass is 16.7. The molecule has 1 N–H and O–H groups in total. The number of nitrogens with zero attached hydrogens (tertiary/aromatic N) is 1. The molecule has 0 aromatic rings. The van der Waals surface area contributed by atoms with Gasteiger partial charge in [0.25, 0.3) is 0 Å². The fraction of sp³-hybridized carbons (Fsp3) is 0.857. The third-order valence-electron chi connectivity index (χ3n) is 3.77. The highest BCUT2D eigenvalue weighted by Crippen LogP contribution is 2.35. The van der Waals surface area contributed by atoms with E-state index in [1.165, 1.54) is 0 Å². The van der Waals surface area contributed by atoms with Crippen molar-refractivity contribution in [1.29, 1.82) is 0 Å². The first-order valence-corrected chi connectivity index (χ1v) is 6.88. The summed E-state index contributed by atoms with van der Waals surface area (Å²) >= 11 is 0. The van der Waals surface area contributed by atoms with Crippen LogP contribution in [-0.2, 0) is 9.47 Å². The zero-order chi connectivity index (χ0) is 13.0. The molecule has 0 spiro atoms. The largest absolute Gasteiger partial charge is 0.376 e. The molecule has 3 heterocycles. The van der Waals surface area contributed by atoms with Crippen LogP contribution in [0.3, 0.4) is 0 Å². The van der Waals surface area contributed by atoms with E-state index in [4.69, 9.17) is 9.47 Å². The van der Waals surface area contributed by atoms with Crippen molar-refractivity contribution in [1.82, 2.24) is 4.90 Å². The molecule has 0 radical (unpaired) electrons. The van der Waals surface area contributed by atoms with Gasteiger partial charge in [0.1, 0.15) is 5.60 Å². The summed E-state index contributed by atoms with van der Waals surface area (Å²) in [7, 11) is 0. The Hall–Kier alpha value is -0.600. The first-order valence-electron chi connectivity index (χ1n) is 6.88. The highest BCUT2D eigenvalue weighted by molar-refractivity contribution is 5.21. The van der Waals surface area contributed by atoms with Crippen LogP contribution in [-0.4, -0.2) is 54.7 Å². The number of hydrogen-bond donors (Lipinski definition) is 1. The van der Waals surface area contributed by atoms with Crippen molar-refractivity contribution >= 4 is 0 Å². The van der Waals surface area contributed by atoms with Gasteiger partial charge in [-0.2, -0.15) is 0 Å². The van der Waals surface area contributed by atoms with Crippen LogP contribution in [0, 0.1) is 17.8 Å². The maximum atomic E-state index is 10.6. The lowest BCUT2D eigenvalue weighted by molar-refractivity contribution is -0.0991. The Morgan fingerprint density at radius 1 is 1.28 bits per heavy atom. The van der Waals surface area contributed by atoms with Gasteiger partial charge in [-0.1, -0.05) is 5.92 Å². The Labute approximate surface area is 109 Å². The first kappa shape index (κ1) is 13.8. The minimum atomic E-state index is -0.872. The third-order valence-corrected chi connectivity index (χ3v) is 3.77. The Balaban J connectivity index is 2.02. The highest BCUT2D eigenvalue weighted by Gasteiger charge is 2.44. The summed E-state index contributed by atoms with van der Waals surface area (Å²) in [5.74, 6) is 6.26. The summed E-state index contributed by atoms with van der Waals surface area (Å²) in [5, 5.41) is 10.6. The lowest BCUT2D eigenvalue weighted by Crippen LogP contribution is -2.58. The maximum absolute atomic E-state index is 10.6. The van der Waals surface area contributed by atoms with Gasteiger partial charge in [-0.3, -0.25) is 4.90 Å². The molecule has 3 rings (SSSR count). The number of piperidine rings is 3. The van der Waals surface area contributed by atoms with Crippen LogP contribution < -0.4 is 0 Å². The van der Waals surface area contributed by atoms with E-state index in [1.807, 2.05) is 13.8 Å². The molecule has 1 atom stereocenters.